The lowest BCUT2D eigenvalue weighted by molar-refractivity contribution is 0.0794. The van der Waals surface area contributed by atoms with E-state index in [0.29, 0.717) is 5.96 Å². The topological polar surface area (TPSA) is 59.6 Å². The second-order valence-corrected chi connectivity index (χ2v) is 5.40. The Balaban J connectivity index is 0.00000256. The van der Waals surface area contributed by atoms with Gasteiger partial charge in [-0.1, -0.05) is 6.92 Å². The van der Waals surface area contributed by atoms with Gasteiger partial charge in [-0.3, -0.25) is 4.99 Å². The SMILES string of the molecule is CCCNC(N)=NCC1(SC)CCOCC1.I. The van der Waals surface area contributed by atoms with Gasteiger partial charge >= 0.3 is 0 Å². The fraction of sp³-hybridized carbons (Fsp3) is 0.909. The van der Waals surface area contributed by atoms with Gasteiger partial charge in [0.15, 0.2) is 5.96 Å². The van der Waals surface area contributed by atoms with Crippen molar-refractivity contribution in [3.05, 3.63) is 0 Å². The fourth-order valence-electron chi connectivity index (χ4n) is 1.71. The zero-order valence-corrected chi connectivity index (χ0v) is 13.8. The summed E-state index contributed by atoms with van der Waals surface area (Å²) >= 11 is 1.89. The van der Waals surface area contributed by atoms with E-state index in [2.05, 4.69) is 23.5 Å². The molecule has 3 N–H and O–H groups in total. The largest absolute Gasteiger partial charge is 0.381 e. The number of hydrogen-bond acceptors (Lipinski definition) is 3. The molecule has 0 bridgehead atoms. The van der Waals surface area contributed by atoms with E-state index in [0.717, 1.165) is 45.6 Å². The van der Waals surface area contributed by atoms with Crippen LogP contribution in [-0.4, -0.2) is 43.3 Å². The average molecular weight is 373 g/mol. The van der Waals surface area contributed by atoms with Gasteiger partial charge in [0.05, 0.1) is 6.54 Å². The van der Waals surface area contributed by atoms with E-state index >= 15 is 0 Å². The third-order valence-electron chi connectivity index (χ3n) is 2.93. The first-order chi connectivity index (χ1) is 7.72. The molecule has 1 saturated heterocycles. The molecule has 102 valence electrons. The van der Waals surface area contributed by atoms with Crippen LogP contribution in [0.5, 0.6) is 0 Å². The summed E-state index contributed by atoms with van der Waals surface area (Å²) in [4.78, 5) is 4.44. The molecule has 1 rings (SSSR count). The lowest BCUT2D eigenvalue weighted by Gasteiger charge is -2.34. The molecule has 0 spiro atoms. The molecule has 0 aliphatic carbocycles. The molecule has 0 aromatic carbocycles. The van der Waals surface area contributed by atoms with E-state index in [1.807, 2.05) is 11.8 Å². The lowest BCUT2D eigenvalue weighted by Crippen LogP contribution is -2.38. The Hall–Kier alpha value is 0.310. The first-order valence-corrected chi connectivity index (χ1v) is 7.11. The van der Waals surface area contributed by atoms with Gasteiger partial charge in [0.2, 0.25) is 0 Å². The molecular weight excluding hydrogens is 349 g/mol. The highest BCUT2D eigenvalue weighted by Crippen LogP contribution is 2.33. The molecule has 0 aromatic rings. The van der Waals surface area contributed by atoms with Gasteiger partial charge in [0.1, 0.15) is 0 Å². The summed E-state index contributed by atoms with van der Waals surface area (Å²) in [6.07, 6.45) is 5.35. The normalized spacial score (nSPS) is 19.5. The number of rotatable bonds is 5. The van der Waals surface area contributed by atoms with Crippen LogP contribution in [0, 0.1) is 0 Å². The van der Waals surface area contributed by atoms with Crippen LogP contribution in [0.3, 0.4) is 0 Å². The molecule has 0 saturated carbocycles. The van der Waals surface area contributed by atoms with Crippen molar-refractivity contribution in [2.24, 2.45) is 10.7 Å². The second-order valence-electron chi connectivity index (χ2n) is 4.13. The quantitative estimate of drug-likeness (QED) is 0.439. The minimum Gasteiger partial charge on any atom is -0.381 e. The Kier molecular flexibility index (Phi) is 9.44. The lowest BCUT2D eigenvalue weighted by atomic mass is 9.99. The highest BCUT2D eigenvalue weighted by molar-refractivity contribution is 14.0. The maximum atomic E-state index is 5.79. The van der Waals surface area contributed by atoms with Crippen LogP contribution in [0.2, 0.25) is 0 Å². The summed E-state index contributed by atoms with van der Waals surface area (Å²) < 4.78 is 5.62. The Labute approximate surface area is 126 Å². The van der Waals surface area contributed by atoms with Gasteiger partial charge in [-0.15, -0.1) is 24.0 Å². The molecular formula is C11H24IN3OS. The molecule has 0 unspecified atom stereocenters. The van der Waals surface area contributed by atoms with Crippen LogP contribution in [0.15, 0.2) is 4.99 Å². The minimum absolute atomic E-state index is 0. The van der Waals surface area contributed by atoms with E-state index in [9.17, 15) is 0 Å². The summed E-state index contributed by atoms with van der Waals surface area (Å²) in [7, 11) is 0. The van der Waals surface area contributed by atoms with Gasteiger partial charge in [0, 0.05) is 24.5 Å². The molecule has 17 heavy (non-hydrogen) atoms. The van der Waals surface area contributed by atoms with Crippen LogP contribution >= 0.6 is 35.7 Å². The van der Waals surface area contributed by atoms with Crippen LogP contribution in [-0.2, 0) is 4.74 Å². The number of aliphatic imine (C=N–C) groups is 1. The highest BCUT2D eigenvalue weighted by atomic mass is 127. The van der Waals surface area contributed by atoms with Crippen molar-refractivity contribution in [1.29, 1.82) is 0 Å². The molecule has 1 aliphatic rings. The number of nitrogens with two attached hydrogens (primary N) is 1. The van der Waals surface area contributed by atoms with Crippen LogP contribution in [0.1, 0.15) is 26.2 Å². The van der Waals surface area contributed by atoms with E-state index < -0.39 is 0 Å². The third kappa shape index (κ3) is 6.15. The van der Waals surface area contributed by atoms with Crippen LogP contribution in [0.25, 0.3) is 0 Å². The molecule has 0 amide bonds. The maximum absolute atomic E-state index is 5.79. The average Bonchev–Trinajstić information content (AvgIpc) is 2.35. The second kappa shape index (κ2) is 9.27. The summed E-state index contributed by atoms with van der Waals surface area (Å²) in [6, 6.07) is 0. The molecule has 1 heterocycles. The van der Waals surface area contributed by atoms with Gasteiger partial charge in [0.25, 0.3) is 0 Å². The first-order valence-electron chi connectivity index (χ1n) is 5.89. The zero-order valence-electron chi connectivity index (χ0n) is 10.7. The standard InChI is InChI=1S/C11H23N3OS.HI/c1-3-6-13-10(12)14-9-11(16-2)4-7-15-8-5-11;/h3-9H2,1-2H3,(H3,12,13,14);1H. The van der Waals surface area contributed by atoms with Crippen molar-refractivity contribution in [3.8, 4) is 0 Å². The molecule has 1 aliphatic heterocycles. The zero-order chi connectivity index (χ0) is 11.9. The number of hydrogen-bond donors (Lipinski definition) is 2. The minimum atomic E-state index is 0. The van der Waals surface area contributed by atoms with E-state index in [1.54, 1.807) is 0 Å². The van der Waals surface area contributed by atoms with Crippen LogP contribution in [0.4, 0.5) is 0 Å². The van der Waals surface area contributed by atoms with Crippen molar-refractivity contribution < 1.29 is 4.74 Å². The smallest absolute Gasteiger partial charge is 0.188 e. The Bertz CT molecular complexity index is 233. The van der Waals surface area contributed by atoms with Gasteiger partial charge < -0.3 is 15.8 Å². The number of nitrogens with one attached hydrogen (secondary N) is 1. The summed E-state index contributed by atoms with van der Waals surface area (Å²) in [5.74, 6) is 0.571. The highest BCUT2D eigenvalue weighted by Gasteiger charge is 2.31. The Morgan fingerprint density at radius 2 is 2.12 bits per heavy atom. The summed E-state index contributed by atoms with van der Waals surface area (Å²) in [6.45, 7) is 5.49. The van der Waals surface area contributed by atoms with E-state index in [1.165, 1.54) is 0 Å². The number of guanidine groups is 1. The van der Waals surface area contributed by atoms with Crippen molar-refractivity contribution in [3.63, 3.8) is 0 Å². The van der Waals surface area contributed by atoms with Gasteiger partial charge in [-0.25, -0.2) is 0 Å². The number of halogens is 1. The molecule has 0 radical (unpaired) electrons. The third-order valence-corrected chi connectivity index (χ3v) is 4.33. The number of nitrogens with zero attached hydrogens (tertiary/aromatic N) is 1. The molecule has 0 atom stereocenters. The van der Waals surface area contributed by atoms with Crippen molar-refractivity contribution in [1.82, 2.24) is 5.32 Å². The summed E-state index contributed by atoms with van der Waals surface area (Å²) in [5.41, 5.74) is 5.79. The number of thioether (sulfide) groups is 1. The molecule has 6 heteroatoms. The number of ether oxygens (including phenoxy) is 1. The monoisotopic (exact) mass is 373 g/mol. The Morgan fingerprint density at radius 1 is 1.47 bits per heavy atom. The maximum Gasteiger partial charge on any atom is 0.188 e. The molecule has 4 nitrogen and oxygen atoms in total. The fourth-order valence-corrected chi connectivity index (χ4v) is 2.48. The Morgan fingerprint density at radius 3 is 2.65 bits per heavy atom. The van der Waals surface area contributed by atoms with Gasteiger partial charge in [-0.2, -0.15) is 11.8 Å². The molecule has 1 fully saturated rings. The van der Waals surface area contributed by atoms with Gasteiger partial charge in [-0.05, 0) is 25.5 Å². The predicted octanol–water partition coefficient (Wildman–Crippen LogP) is 1.83. The van der Waals surface area contributed by atoms with Crippen LogP contribution < -0.4 is 11.1 Å². The van der Waals surface area contributed by atoms with E-state index in [4.69, 9.17) is 10.5 Å². The molecule has 0 aromatic heterocycles. The summed E-state index contributed by atoms with van der Waals surface area (Å²) in [5, 5.41) is 3.10. The first kappa shape index (κ1) is 17.3. The van der Waals surface area contributed by atoms with E-state index in [-0.39, 0.29) is 28.7 Å². The van der Waals surface area contributed by atoms with Crippen molar-refractivity contribution >= 4 is 41.7 Å². The predicted molar refractivity (Wildman–Crippen MR) is 86.5 cm³/mol. The van der Waals surface area contributed by atoms with Crippen molar-refractivity contribution in [2.45, 2.75) is 30.9 Å². The van der Waals surface area contributed by atoms with Crippen molar-refractivity contribution in [2.75, 3.05) is 32.6 Å².